The Bertz CT molecular complexity index is 327. The number of hydrogen-bond donors (Lipinski definition) is 3. The fourth-order valence-electron chi connectivity index (χ4n) is 2.59. The Hall–Kier alpha value is -1.30. The Morgan fingerprint density at radius 2 is 2.11 bits per heavy atom. The van der Waals surface area contributed by atoms with Crippen LogP contribution in [0.4, 0.5) is 0 Å². The summed E-state index contributed by atoms with van der Waals surface area (Å²) in [4.78, 5) is 14.3. The van der Waals surface area contributed by atoms with Gasteiger partial charge in [-0.25, -0.2) is 0 Å². The molecule has 1 saturated heterocycles. The van der Waals surface area contributed by atoms with E-state index in [1.807, 2.05) is 13.8 Å². The normalized spacial score (nSPS) is 21.4. The number of rotatable bonds is 5. The first-order valence-corrected chi connectivity index (χ1v) is 6.43. The third kappa shape index (κ3) is 2.43. The fourth-order valence-corrected chi connectivity index (χ4v) is 2.59. The maximum Gasteiger partial charge on any atom is 0.236 e. The van der Waals surface area contributed by atoms with Crippen LogP contribution in [0.1, 0.15) is 33.1 Å². The SMILES string of the molecule is CCC(CC)(C(=O)N1CCC(CO)C1)C(N)=NO. The molecule has 1 heterocycles. The number of nitrogens with zero attached hydrogens (tertiary/aromatic N) is 2. The molecule has 1 aliphatic heterocycles. The summed E-state index contributed by atoms with van der Waals surface area (Å²) in [5.41, 5.74) is 4.79. The van der Waals surface area contributed by atoms with Crippen molar-refractivity contribution in [2.24, 2.45) is 22.2 Å². The van der Waals surface area contributed by atoms with Gasteiger partial charge in [0.25, 0.3) is 0 Å². The van der Waals surface area contributed by atoms with Gasteiger partial charge in [-0.1, -0.05) is 19.0 Å². The Morgan fingerprint density at radius 1 is 1.50 bits per heavy atom. The van der Waals surface area contributed by atoms with Crippen molar-refractivity contribution in [3.63, 3.8) is 0 Å². The molecule has 6 heteroatoms. The second-order valence-electron chi connectivity index (χ2n) is 4.86. The number of amides is 1. The molecule has 0 saturated carbocycles. The van der Waals surface area contributed by atoms with Crippen LogP contribution in [0.25, 0.3) is 0 Å². The molecule has 6 nitrogen and oxygen atoms in total. The Labute approximate surface area is 107 Å². The maximum absolute atomic E-state index is 12.6. The van der Waals surface area contributed by atoms with Crippen LogP contribution in [-0.2, 0) is 4.79 Å². The van der Waals surface area contributed by atoms with Gasteiger partial charge in [-0.15, -0.1) is 0 Å². The van der Waals surface area contributed by atoms with Gasteiger partial charge >= 0.3 is 0 Å². The molecule has 1 atom stereocenters. The summed E-state index contributed by atoms with van der Waals surface area (Å²) in [6, 6.07) is 0. The van der Waals surface area contributed by atoms with Gasteiger partial charge in [0, 0.05) is 25.6 Å². The third-order valence-corrected chi connectivity index (χ3v) is 4.05. The molecule has 0 radical (unpaired) electrons. The average molecular weight is 257 g/mol. The van der Waals surface area contributed by atoms with E-state index in [1.54, 1.807) is 4.90 Å². The Morgan fingerprint density at radius 3 is 2.50 bits per heavy atom. The highest BCUT2D eigenvalue weighted by Gasteiger charge is 2.44. The number of aliphatic hydroxyl groups is 1. The van der Waals surface area contributed by atoms with E-state index in [4.69, 9.17) is 16.0 Å². The number of carbonyl (C=O) groups excluding carboxylic acids is 1. The molecule has 1 fully saturated rings. The monoisotopic (exact) mass is 257 g/mol. The maximum atomic E-state index is 12.6. The largest absolute Gasteiger partial charge is 0.409 e. The van der Waals surface area contributed by atoms with Crippen molar-refractivity contribution in [3.8, 4) is 0 Å². The van der Waals surface area contributed by atoms with Crippen LogP contribution in [0.5, 0.6) is 0 Å². The first-order valence-electron chi connectivity index (χ1n) is 6.43. The summed E-state index contributed by atoms with van der Waals surface area (Å²) in [5.74, 6) is 0.0244. The first kappa shape index (κ1) is 14.8. The molecule has 1 rings (SSSR count). The molecule has 104 valence electrons. The van der Waals surface area contributed by atoms with Crippen LogP contribution in [0.2, 0.25) is 0 Å². The predicted molar refractivity (Wildman–Crippen MR) is 68.2 cm³/mol. The van der Waals surface area contributed by atoms with Crippen molar-refractivity contribution in [2.75, 3.05) is 19.7 Å². The summed E-state index contributed by atoms with van der Waals surface area (Å²) in [5, 5.41) is 21.0. The topological polar surface area (TPSA) is 99.2 Å². The molecule has 0 bridgehead atoms. The minimum absolute atomic E-state index is 0.0232. The number of nitrogens with two attached hydrogens (primary N) is 1. The summed E-state index contributed by atoms with van der Waals surface area (Å²) >= 11 is 0. The number of oxime groups is 1. The second kappa shape index (κ2) is 6.04. The lowest BCUT2D eigenvalue weighted by molar-refractivity contribution is -0.138. The number of amidine groups is 1. The molecule has 1 unspecified atom stereocenters. The van der Waals surface area contributed by atoms with E-state index in [1.165, 1.54) is 0 Å². The third-order valence-electron chi connectivity index (χ3n) is 4.05. The van der Waals surface area contributed by atoms with Gasteiger partial charge < -0.3 is 20.9 Å². The van der Waals surface area contributed by atoms with Gasteiger partial charge in [-0.2, -0.15) is 0 Å². The number of aliphatic hydroxyl groups excluding tert-OH is 1. The van der Waals surface area contributed by atoms with Crippen LogP contribution >= 0.6 is 0 Å². The van der Waals surface area contributed by atoms with Gasteiger partial charge in [0.05, 0.1) is 0 Å². The highest BCUT2D eigenvalue weighted by Crippen LogP contribution is 2.31. The Kier molecular flexibility index (Phi) is 4.95. The quantitative estimate of drug-likeness (QED) is 0.287. The van der Waals surface area contributed by atoms with Crippen LogP contribution in [0, 0.1) is 11.3 Å². The zero-order valence-electron chi connectivity index (χ0n) is 11.1. The van der Waals surface area contributed by atoms with E-state index in [-0.39, 0.29) is 24.3 Å². The van der Waals surface area contributed by atoms with E-state index >= 15 is 0 Å². The van der Waals surface area contributed by atoms with Gasteiger partial charge in [-0.05, 0) is 19.3 Å². The summed E-state index contributed by atoms with van der Waals surface area (Å²) in [7, 11) is 0. The molecule has 1 aliphatic rings. The zero-order chi connectivity index (χ0) is 13.8. The molecular formula is C12H23N3O3. The van der Waals surface area contributed by atoms with E-state index in [2.05, 4.69) is 5.16 Å². The van der Waals surface area contributed by atoms with Crippen molar-refractivity contribution >= 4 is 11.7 Å². The molecule has 18 heavy (non-hydrogen) atoms. The van der Waals surface area contributed by atoms with Crippen molar-refractivity contribution in [1.82, 2.24) is 4.90 Å². The van der Waals surface area contributed by atoms with Gasteiger partial charge in [-0.3, -0.25) is 4.79 Å². The van der Waals surface area contributed by atoms with Gasteiger partial charge in [0.1, 0.15) is 5.41 Å². The molecular weight excluding hydrogens is 234 g/mol. The molecule has 0 aromatic heterocycles. The lowest BCUT2D eigenvalue weighted by Crippen LogP contribution is -2.50. The summed E-state index contributed by atoms with van der Waals surface area (Å²) in [6.45, 7) is 5.00. The second-order valence-corrected chi connectivity index (χ2v) is 4.86. The fraction of sp³-hybridized carbons (Fsp3) is 0.833. The van der Waals surface area contributed by atoms with E-state index in [0.29, 0.717) is 25.9 Å². The van der Waals surface area contributed by atoms with Crippen LogP contribution < -0.4 is 5.73 Å². The molecule has 0 aromatic carbocycles. The van der Waals surface area contributed by atoms with Crippen LogP contribution in [-0.4, -0.2) is 46.7 Å². The molecule has 4 N–H and O–H groups in total. The van der Waals surface area contributed by atoms with Crippen molar-refractivity contribution < 1.29 is 15.1 Å². The molecule has 1 amide bonds. The zero-order valence-corrected chi connectivity index (χ0v) is 11.1. The number of carbonyl (C=O) groups is 1. The Balaban J connectivity index is 2.91. The van der Waals surface area contributed by atoms with Gasteiger partial charge in [0.15, 0.2) is 5.84 Å². The molecule has 0 aliphatic carbocycles. The minimum atomic E-state index is -0.918. The van der Waals surface area contributed by atoms with Crippen molar-refractivity contribution in [3.05, 3.63) is 0 Å². The van der Waals surface area contributed by atoms with Crippen LogP contribution in [0.3, 0.4) is 0 Å². The number of likely N-dealkylation sites (tertiary alicyclic amines) is 1. The van der Waals surface area contributed by atoms with Crippen LogP contribution in [0.15, 0.2) is 5.16 Å². The minimum Gasteiger partial charge on any atom is -0.409 e. The van der Waals surface area contributed by atoms with Gasteiger partial charge in [0.2, 0.25) is 5.91 Å². The standard InChI is InChI=1S/C12H23N3O3/c1-3-12(4-2,10(13)14-18)11(17)15-6-5-9(7-15)8-16/h9,16,18H,3-8H2,1-2H3,(H2,13,14). The van der Waals surface area contributed by atoms with E-state index in [0.717, 1.165) is 6.42 Å². The smallest absolute Gasteiger partial charge is 0.236 e. The molecule has 0 spiro atoms. The van der Waals surface area contributed by atoms with E-state index < -0.39 is 5.41 Å². The summed E-state index contributed by atoms with van der Waals surface area (Å²) in [6.07, 6.45) is 1.80. The lowest BCUT2D eigenvalue weighted by Gasteiger charge is -2.33. The summed E-state index contributed by atoms with van der Waals surface area (Å²) < 4.78 is 0. The highest BCUT2D eigenvalue weighted by atomic mass is 16.4. The first-order chi connectivity index (χ1) is 8.55. The van der Waals surface area contributed by atoms with Crippen molar-refractivity contribution in [2.45, 2.75) is 33.1 Å². The van der Waals surface area contributed by atoms with E-state index in [9.17, 15) is 4.79 Å². The average Bonchev–Trinajstić information content (AvgIpc) is 2.88. The van der Waals surface area contributed by atoms with Crippen molar-refractivity contribution in [1.29, 1.82) is 0 Å². The predicted octanol–water partition coefficient (Wildman–Crippen LogP) is 0.380. The highest BCUT2D eigenvalue weighted by molar-refractivity contribution is 6.06. The lowest BCUT2D eigenvalue weighted by atomic mass is 9.79. The number of hydrogen-bond acceptors (Lipinski definition) is 4. The molecule has 0 aromatic rings.